The zero-order valence-corrected chi connectivity index (χ0v) is 11.0. The molecule has 18 heavy (non-hydrogen) atoms. The lowest BCUT2D eigenvalue weighted by Gasteiger charge is -2.29. The number of nitrogens with one attached hydrogen (secondary N) is 1. The van der Waals surface area contributed by atoms with Crippen LogP contribution in [0.25, 0.3) is 10.2 Å². The first kappa shape index (κ1) is 13.1. The average molecular weight is 267 g/mol. The summed E-state index contributed by atoms with van der Waals surface area (Å²) in [7, 11) is 0. The first-order valence-electron chi connectivity index (χ1n) is 5.78. The van der Waals surface area contributed by atoms with Gasteiger partial charge in [0.2, 0.25) is 0 Å². The molecule has 5 nitrogen and oxygen atoms in total. The van der Waals surface area contributed by atoms with Crippen molar-refractivity contribution >= 4 is 32.4 Å². The van der Waals surface area contributed by atoms with E-state index in [2.05, 4.69) is 10.3 Å². The number of nitrogens with two attached hydrogens (primary N) is 1. The Morgan fingerprint density at radius 1 is 1.39 bits per heavy atom. The summed E-state index contributed by atoms with van der Waals surface area (Å²) < 4.78 is 0.985. The van der Waals surface area contributed by atoms with Gasteiger partial charge in [-0.15, -0.1) is 0 Å². The number of benzene rings is 1. The van der Waals surface area contributed by atoms with Gasteiger partial charge in [0.15, 0.2) is 5.13 Å². The van der Waals surface area contributed by atoms with Crippen molar-refractivity contribution in [2.75, 3.05) is 24.3 Å². The molecule has 0 amide bonds. The van der Waals surface area contributed by atoms with Crippen molar-refractivity contribution in [1.82, 2.24) is 4.98 Å². The average Bonchev–Trinajstić information content (AvgIpc) is 2.77. The maximum Gasteiger partial charge on any atom is 0.184 e. The minimum Gasteiger partial charge on any atom is -0.399 e. The van der Waals surface area contributed by atoms with Crippen LogP contribution in [0.5, 0.6) is 0 Å². The molecule has 0 bridgehead atoms. The summed E-state index contributed by atoms with van der Waals surface area (Å²) in [4.78, 5) is 4.41. The number of fused-ring (bicyclic) bond motifs is 1. The van der Waals surface area contributed by atoms with E-state index in [-0.39, 0.29) is 13.2 Å². The van der Waals surface area contributed by atoms with Gasteiger partial charge in [0.05, 0.1) is 29.0 Å². The molecule has 0 aliphatic heterocycles. The molecule has 1 aromatic heterocycles. The summed E-state index contributed by atoms with van der Waals surface area (Å²) in [5.74, 6) is 0. The largest absolute Gasteiger partial charge is 0.399 e. The van der Waals surface area contributed by atoms with Crippen molar-refractivity contribution < 1.29 is 10.2 Å². The summed E-state index contributed by atoms with van der Waals surface area (Å²) in [6.45, 7) is 1.63. The van der Waals surface area contributed by atoms with E-state index in [4.69, 9.17) is 5.73 Å². The zero-order valence-electron chi connectivity index (χ0n) is 10.2. The van der Waals surface area contributed by atoms with Gasteiger partial charge >= 0.3 is 0 Å². The standard InChI is InChI=1S/C12H17N3O2S/c1-2-12(6-16,7-17)15-11-14-9-4-3-8(13)5-10(9)18-11/h3-5,16-17H,2,6-7,13H2,1H3,(H,14,15). The van der Waals surface area contributed by atoms with E-state index in [9.17, 15) is 10.2 Å². The SMILES string of the molecule is CCC(CO)(CO)Nc1nc2ccc(N)cc2s1. The van der Waals surface area contributed by atoms with Crippen molar-refractivity contribution in [3.05, 3.63) is 18.2 Å². The van der Waals surface area contributed by atoms with Crippen molar-refractivity contribution in [3.8, 4) is 0 Å². The van der Waals surface area contributed by atoms with Crippen molar-refractivity contribution in [1.29, 1.82) is 0 Å². The van der Waals surface area contributed by atoms with Crippen molar-refractivity contribution in [2.24, 2.45) is 0 Å². The second kappa shape index (κ2) is 5.09. The maximum atomic E-state index is 9.39. The van der Waals surface area contributed by atoms with Crippen LogP contribution in [0.1, 0.15) is 13.3 Å². The van der Waals surface area contributed by atoms with Gasteiger partial charge in [-0.3, -0.25) is 0 Å². The molecule has 0 fully saturated rings. The summed E-state index contributed by atoms with van der Waals surface area (Å²) in [5.41, 5.74) is 6.55. The summed E-state index contributed by atoms with van der Waals surface area (Å²) in [5, 5.41) is 22.6. The molecule has 0 unspecified atom stereocenters. The van der Waals surface area contributed by atoms with Crippen LogP contribution < -0.4 is 11.1 Å². The van der Waals surface area contributed by atoms with Gasteiger partial charge < -0.3 is 21.3 Å². The van der Waals surface area contributed by atoms with E-state index in [1.165, 1.54) is 11.3 Å². The minimum absolute atomic E-state index is 0.141. The summed E-state index contributed by atoms with van der Waals surface area (Å²) >= 11 is 1.46. The highest BCUT2D eigenvalue weighted by Gasteiger charge is 2.27. The molecular weight excluding hydrogens is 250 g/mol. The monoisotopic (exact) mass is 267 g/mol. The number of hydrogen-bond donors (Lipinski definition) is 4. The molecule has 98 valence electrons. The van der Waals surface area contributed by atoms with E-state index in [1.54, 1.807) is 6.07 Å². The third kappa shape index (κ3) is 2.40. The molecule has 6 heteroatoms. The highest BCUT2D eigenvalue weighted by Crippen LogP contribution is 2.29. The predicted octanol–water partition coefficient (Wildman–Crippen LogP) is 1.42. The molecule has 1 heterocycles. The van der Waals surface area contributed by atoms with Crippen molar-refractivity contribution in [3.63, 3.8) is 0 Å². The van der Waals surface area contributed by atoms with E-state index >= 15 is 0 Å². The van der Waals surface area contributed by atoms with Crippen LogP contribution in [0.2, 0.25) is 0 Å². The molecule has 0 saturated carbocycles. The third-order valence-corrected chi connectivity index (χ3v) is 4.00. The molecule has 0 radical (unpaired) electrons. The fraction of sp³-hybridized carbons (Fsp3) is 0.417. The lowest BCUT2D eigenvalue weighted by atomic mass is 9.99. The number of rotatable bonds is 5. The fourth-order valence-electron chi connectivity index (χ4n) is 1.66. The fourth-order valence-corrected chi connectivity index (χ4v) is 2.70. The lowest BCUT2D eigenvalue weighted by Crippen LogP contribution is -2.45. The van der Waals surface area contributed by atoms with Gasteiger partial charge in [0.1, 0.15) is 0 Å². The van der Waals surface area contributed by atoms with Gasteiger partial charge in [-0.25, -0.2) is 4.98 Å². The topological polar surface area (TPSA) is 91.4 Å². The van der Waals surface area contributed by atoms with E-state index in [0.717, 1.165) is 10.2 Å². The third-order valence-electron chi connectivity index (χ3n) is 3.07. The Bertz CT molecular complexity index is 529. The van der Waals surface area contributed by atoms with Crippen LogP contribution in [0.4, 0.5) is 10.8 Å². The van der Waals surface area contributed by atoms with Gasteiger partial charge in [-0.2, -0.15) is 0 Å². The number of aliphatic hydroxyl groups excluding tert-OH is 2. The molecule has 1 aromatic carbocycles. The molecule has 0 spiro atoms. The van der Waals surface area contributed by atoms with E-state index in [0.29, 0.717) is 17.2 Å². The normalized spacial score (nSPS) is 11.9. The Hall–Kier alpha value is -1.37. The number of hydrogen-bond acceptors (Lipinski definition) is 6. The Kier molecular flexibility index (Phi) is 3.70. The maximum absolute atomic E-state index is 9.39. The molecular formula is C12H17N3O2S. The molecule has 0 atom stereocenters. The summed E-state index contributed by atoms with van der Waals surface area (Å²) in [6.07, 6.45) is 0.609. The Morgan fingerprint density at radius 3 is 2.72 bits per heavy atom. The van der Waals surface area contributed by atoms with Crippen molar-refractivity contribution in [2.45, 2.75) is 18.9 Å². The number of aromatic nitrogens is 1. The Morgan fingerprint density at radius 2 is 2.11 bits per heavy atom. The van der Waals surface area contributed by atoms with Crippen LogP contribution in [-0.2, 0) is 0 Å². The molecule has 0 aliphatic rings. The molecule has 0 aliphatic carbocycles. The zero-order chi connectivity index (χ0) is 13.2. The van der Waals surface area contributed by atoms with Crippen LogP contribution in [0.15, 0.2) is 18.2 Å². The molecule has 2 aromatic rings. The first-order valence-corrected chi connectivity index (χ1v) is 6.60. The van der Waals surface area contributed by atoms with Crippen LogP contribution in [0.3, 0.4) is 0 Å². The van der Waals surface area contributed by atoms with E-state index in [1.807, 2.05) is 19.1 Å². The highest BCUT2D eigenvalue weighted by molar-refractivity contribution is 7.22. The van der Waals surface area contributed by atoms with Crippen LogP contribution in [0, 0.1) is 0 Å². The Balaban J connectivity index is 2.31. The molecule has 5 N–H and O–H groups in total. The molecule has 2 rings (SSSR count). The second-order valence-electron chi connectivity index (χ2n) is 4.32. The lowest BCUT2D eigenvalue weighted by molar-refractivity contribution is 0.132. The predicted molar refractivity (Wildman–Crippen MR) is 74.8 cm³/mol. The smallest absolute Gasteiger partial charge is 0.184 e. The quantitative estimate of drug-likeness (QED) is 0.615. The van der Waals surface area contributed by atoms with Gasteiger partial charge in [-0.1, -0.05) is 18.3 Å². The second-order valence-corrected chi connectivity index (χ2v) is 5.35. The van der Waals surface area contributed by atoms with Gasteiger partial charge in [-0.05, 0) is 24.6 Å². The number of aliphatic hydroxyl groups is 2. The highest BCUT2D eigenvalue weighted by atomic mass is 32.1. The Labute approximate surface area is 109 Å². The number of nitrogen functional groups attached to an aromatic ring is 1. The number of anilines is 2. The van der Waals surface area contributed by atoms with Gasteiger partial charge in [0.25, 0.3) is 0 Å². The minimum atomic E-state index is -0.723. The number of thiazole rings is 1. The van der Waals surface area contributed by atoms with Crippen LogP contribution in [-0.4, -0.2) is 33.9 Å². The molecule has 0 saturated heterocycles. The van der Waals surface area contributed by atoms with E-state index < -0.39 is 5.54 Å². The summed E-state index contributed by atoms with van der Waals surface area (Å²) in [6, 6.07) is 5.53. The van der Waals surface area contributed by atoms with Crippen LogP contribution >= 0.6 is 11.3 Å². The van der Waals surface area contributed by atoms with Gasteiger partial charge in [0, 0.05) is 5.69 Å². The number of nitrogens with zero attached hydrogens (tertiary/aromatic N) is 1. The first-order chi connectivity index (χ1) is 8.62.